The van der Waals surface area contributed by atoms with Crippen molar-refractivity contribution < 1.29 is 14.4 Å². The molecule has 0 saturated heterocycles. The summed E-state index contributed by atoms with van der Waals surface area (Å²) in [4.78, 5) is 44.9. The molecule has 0 radical (unpaired) electrons. The first-order valence-electron chi connectivity index (χ1n) is 10.7. The van der Waals surface area contributed by atoms with E-state index in [1.807, 2.05) is 26.0 Å². The third-order valence-corrected chi connectivity index (χ3v) is 6.55. The van der Waals surface area contributed by atoms with Crippen molar-refractivity contribution in [1.29, 1.82) is 0 Å². The fourth-order valence-electron chi connectivity index (χ4n) is 3.90. The van der Waals surface area contributed by atoms with Crippen LogP contribution in [0.15, 0.2) is 42.5 Å². The molecule has 0 saturated carbocycles. The minimum atomic E-state index is -0.903. The predicted molar refractivity (Wildman–Crippen MR) is 127 cm³/mol. The average molecular weight is 450 g/mol. The summed E-state index contributed by atoms with van der Waals surface area (Å²) >= 11 is 1.39. The summed E-state index contributed by atoms with van der Waals surface area (Å²) in [7, 11) is 0. The Hall–Kier alpha value is -3.06. The van der Waals surface area contributed by atoms with Crippen LogP contribution in [0.25, 0.3) is 10.2 Å². The first-order valence-corrected chi connectivity index (χ1v) is 11.6. The molecule has 1 aliphatic heterocycles. The summed E-state index contributed by atoms with van der Waals surface area (Å²) in [5, 5.41) is 3.32. The molecule has 2 aromatic carbocycles. The van der Waals surface area contributed by atoms with Crippen molar-refractivity contribution >= 4 is 44.4 Å². The predicted octanol–water partition coefficient (Wildman–Crippen LogP) is 5.24. The van der Waals surface area contributed by atoms with E-state index in [9.17, 15) is 14.4 Å². The number of rotatable bonds is 5. The summed E-state index contributed by atoms with van der Waals surface area (Å²) in [6.07, 6.45) is 0.371. The van der Waals surface area contributed by atoms with Crippen LogP contribution in [0.4, 0.5) is 5.13 Å². The van der Waals surface area contributed by atoms with Gasteiger partial charge in [0.15, 0.2) is 5.13 Å². The van der Waals surface area contributed by atoms with Crippen LogP contribution in [0.2, 0.25) is 0 Å². The first-order chi connectivity index (χ1) is 15.1. The van der Waals surface area contributed by atoms with Gasteiger partial charge in [0, 0.05) is 0 Å². The van der Waals surface area contributed by atoms with Crippen LogP contribution < -0.4 is 5.32 Å². The van der Waals surface area contributed by atoms with Crippen LogP contribution in [0, 0.1) is 5.92 Å². The molecule has 1 N–H and O–H groups in total. The van der Waals surface area contributed by atoms with E-state index >= 15 is 0 Å². The van der Waals surface area contributed by atoms with E-state index in [2.05, 4.69) is 37.1 Å². The standard InChI is InChI=1S/C25H27N3O3S/c1-14(2)12-19(28-22(30)16-8-6-7-9-17(16)23(28)31)21(29)27-24-26-18-11-10-15(25(3,4)5)13-20(18)32-24/h6-11,13-14,19H,12H2,1-5H3,(H,26,27,29). The van der Waals surface area contributed by atoms with Gasteiger partial charge in [-0.25, -0.2) is 4.98 Å². The number of amides is 3. The number of benzene rings is 2. The van der Waals surface area contributed by atoms with E-state index in [0.717, 1.165) is 15.1 Å². The molecule has 4 rings (SSSR count). The highest BCUT2D eigenvalue weighted by atomic mass is 32.1. The highest BCUT2D eigenvalue weighted by molar-refractivity contribution is 7.22. The van der Waals surface area contributed by atoms with Crippen LogP contribution in [0.3, 0.4) is 0 Å². The summed E-state index contributed by atoms with van der Waals surface area (Å²) in [6, 6.07) is 11.9. The van der Waals surface area contributed by atoms with Gasteiger partial charge in [0.2, 0.25) is 5.91 Å². The van der Waals surface area contributed by atoms with E-state index in [4.69, 9.17) is 0 Å². The van der Waals surface area contributed by atoms with Gasteiger partial charge in [-0.3, -0.25) is 19.3 Å². The Morgan fingerprint density at radius 1 is 1.06 bits per heavy atom. The number of anilines is 1. The van der Waals surface area contributed by atoms with E-state index < -0.39 is 23.8 Å². The SMILES string of the molecule is CC(C)CC(C(=O)Nc1nc2ccc(C(C)(C)C)cc2s1)N1C(=O)c2ccccc2C1=O. The lowest BCUT2D eigenvalue weighted by Crippen LogP contribution is -2.47. The van der Waals surface area contributed by atoms with Crippen molar-refractivity contribution in [3.05, 3.63) is 59.2 Å². The van der Waals surface area contributed by atoms with E-state index in [-0.39, 0.29) is 11.3 Å². The maximum absolute atomic E-state index is 13.3. The van der Waals surface area contributed by atoms with Gasteiger partial charge in [-0.2, -0.15) is 0 Å². The molecule has 1 aromatic heterocycles. The summed E-state index contributed by atoms with van der Waals surface area (Å²) in [5.74, 6) is -1.14. The average Bonchev–Trinajstić information content (AvgIpc) is 3.23. The highest BCUT2D eigenvalue weighted by Gasteiger charge is 2.42. The van der Waals surface area contributed by atoms with Crippen LogP contribution in [-0.4, -0.2) is 33.6 Å². The largest absolute Gasteiger partial charge is 0.300 e. The molecule has 7 heteroatoms. The quantitative estimate of drug-likeness (QED) is 0.540. The van der Waals surface area contributed by atoms with Crippen LogP contribution in [-0.2, 0) is 10.2 Å². The number of fused-ring (bicyclic) bond motifs is 2. The molecule has 166 valence electrons. The van der Waals surface area contributed by atoms with Crippen LogP contribution in [0.5, 0.6) is 0 Å². The van der Waals surface area contributed by atoms with Gasteiger partial charge in [-0.1, -0.05) is 64.2 Å². The lowest BCUT2D eigenvalue weighted by Gasteiger charge is -2.26. The smallest absolute Gasteiger partial charge is 0.262 e. The topological polar surface area (TPSA) is 79.4 Å². The third-order valence-electron chi connectivity index (χ3n) is 5.62. The number of carbonyl (C=O) groups excluding carboxylic acids is 3. The van der Waals surface area contributed by atoms with Crippen LogP contribution in [0.1, 0.15) is 67.3 Å². The second-order valence-electron chi connectivity index (χ2n) is 9.61. The van der Waals surface area contributed by atoms with Crippen LogP contribution >= 0.6 is 11.3 Å². The fraction of sp³-hybridized carbons (Fsp3) is 0.360. The number of thiazole rings is 1. The minimum Gasteiger partial charge on any atom is -0.300 e. The molecular weight excluding hydrogens is 422 g/mol. The maximum Gasteiger partial charge on any atom is 0.262 e. The summed E-state index contributed by atoms with van der Waals surface area (Å²) < 4.78 is 0.980. The first kappa shape index (κ1) is 22.1. The van der Waals surface area contributed by atoms with E-state index in [1.54, 1.807) is 24.3 Å². The number of imide groups is 1. The Labute approximate surface area is 191 Å². The number of nitrogens with zero attached hydrogens (tertiary/aromatic N) is 2. The monoisotopic (exact) mass is 449 g/mol. The Bertz CT molecular complexity index is 1190. The summed E-state index contributed by atoms with van der Waals surface area (Å²) in [6.45, 7) is 10.4. The zero-order valence-electron chi connectivity index (χ0n) is 18.9. The van der Waals surface area contributed by atoms with E-state index in [1.165, 1.54) is 16.9 Å². The fourth-order valence-corrected chi connectivity index (χ4v) is 4.81. The molecule has 1 aliphatic rings. The molecule has 0 aliphatic carbocycles. The second-order valence-corrected chi connectivity index (χ2v) is 10.6. The van der Waals surface area contributed by atoms with Gasteiger partial charge in [0.05, 0.1) is 21.3 Å². The number of nitrogens with one attached hydrogen (secondary N) is 1. The van der Waals surface area contributed by atoms with Gasteiger partial charge >= 0.3 is 0 Å². The van der Waals surface area contributed by atoms with Crippen molar-refractivity contribution in [3.8, 4) is 0 Å². The van der Waals surface area contributed by atoms with Crippen molar-refractivity contribution in [1.82, 2.24) is 9.88 Å². The van der Waals surface area contributed by atoms with Gasteiger partial charge in [0.25, 0.3) is 11.8 Å². The molecule has 1 atom stereocenters. The summed E-state index contributed by atoms with van der Waals surface area (Å²) in [5.41, 5.74) is 2.69. The molecule has 0 fully saturated rings. The van der Waals surface area contributed by atoms with Gasteiger partial charge in [-0.15, -0.1) is 0 Å². The Balaban J connectivity index is 1.62. The van der Waals surface area contributed by atoms with Crippen molar-refractivity contribution in [3.63, 3.8) is 0 Å². The molecule has 3 amide bonds. The van der Waals surface area contributed by atoms with Crippen molar-refractivity contribution in [2.75, 3.05) is 5.32 Å². The molecule has 0 spiro atoms. The van der Waals surface area contributed by atoms with E-state index in [0.29, 0.717) is 22.7 Å². The molecule has 2 heterocycles. The molecule has 32 heavy (non-hydrogen) atoms. The highest BCUT2D eigenvalue weighted by Crippen LogP contribution is 2.32. The lowest BCUT2D eigenvalue weighted by molar-refractivity contribution is -0.120. The molecule has 1 unspecified atom stereocenters. The zero-order chi connectivity index (χ0) is 23.2. The molecular formula is C25H27N3O3S. The van der Waals surface area contributed by atoms with Crippen molar-refractivity contribution in [2.24, 2.45) is 5.92 Å². The minimum absolute atomic E-state index is 0.00936. The normalized spacial score (nSPS) is 14.9. The third kappa shape index (κ3) is 4.05. The Morgan fingerprint density at radius 2 is 1.69 bits per heavy atom. The van der Waals surface area contributed by atoms with Gasteiger partial charge < -0.3 is 5.32 Å². The number of carbonyl (C=O) groups is 3. The lowest BCUT2D eigenvalue weighted by atomic mass is 9.87. The maximum atomic E-state index is 13.3. The van der Waals surface area contributed by atoms with Gasteiger partial charge in [-0.05, 0) is 47.6 Å². The number of aromatic nitrogens is 1. The van der Waals surface area contributed by atoms with Crippen molar-refractivity contribution in [2.45, 2.75) is 52.5 Å². The molecule has 3 aromatic rings. The Morgan fingerprint density at radius 3 is 2.25 bits per heavy atom. The molecule has 6 nitrogen and oxygen atoms in total. The zero-order valence-corrected chi connectivity index (χ0v) is 19.7. The van der Waals surface area contributed by atoms with Gasteiger partial charge in [0.1, 0.15) is 6.04 Å². The molecule has 0 bridgehead atoms. The number of hydrogen-bond acceptors (Lipinski definition) is 5. The Kier molecular flexibility index (Phi) is 5.63. The number of hydrogen-bond donors (Lipinski definition) is 1. The second kappa shape index (κ2) is 8.13.